The van der Waals surface area contributed by atoms with Crippen LogP contribution in [0.2, 0.25) is 0 Å². The molecular weight excluding hydrogens is 342 g/mol. The third kappa shape index (κ3) is 4.77. The summed E-state index contributed by atoms with van der Waals surface area (Å²) in [6.45, 7) is 5.56. The minimum absolute atomic E-state index is 0.126. The SMILES string of the molecule is CCNS(=O)(=O)c1ccc(C=Cc2onc(C)c2NC(=O)CC)cc1. The first kappa shape index (κ1) is 18.9. The Kier molecular flexibility index (Phi) is 6.11. The van der Waals surface area contributed by atoms with E-state index in [1.807, 2.05) is 0 Å². The molecule has 0 saturated heterocycles. The lowest BCUT2D eigenvalue weighted by molar-refractivity contribution is -0.115. The monoisotopic (exact) mass is 363 g/mol. The fraction of sp³-hybridized carbons (Fsp3) is 0.294. The second-order valence-electron chi connectivity index (χ2n) is 5.31. The van der Waals surface area contributed by atoms with Crippen molar-refractivity contribution in [2.75, 3.05) is 11.9 Å². The Morgan fingerprint density at radius 2 is 1.88 bits per heavy atom. The minimum Gasteiger partial charge on any atom is -0.354 e. The number of anilines is 1. The molecule has 7 nitrogen and oxygen atoms in total. The van der Waals surface area contributed by atoms with E-state index in [1.165, 1.54) is 12.1 Å². The summed E-state index contributed by atoms with van der Waals surface area (Å²) in [6.07, 6.45) is 3.79. The number of nitrogens with zero attached hydrogens (tertiary/aromatic N) is 1. The molecule has 0 fully saturated rings. The van der Waals surface area contributed by atoms with Gasteiger partial charge in [0.05, 0.1) is 4.90 Å². The van der Waals surface area contributed by atoms with Gasteiger partial charge < -0.3 is 9.84 Å². The number of hydrogen-bond acceptors (Lipinski definition) is 5. The summed E-state index contributed by atoms with van der Waals surface area (Å²) in [6, 6.07) is 6.44. The van der Waals surface area contributed by atoms with Gasteiger partial charge in [-0.15, -0.1) is 0 Å². The largest absolute Gasteiger partial charge is 0.354 e. The first-order chi connectivity index (χ1) is 11.9. The summed E-state index contributed by atoms with van der Waals surface area (Å²) in [5.41, 5.74) is 1.92. The first-order valence-electron chi connectivity index (χ1n) is 7.91. The zero-order valence-electron chi connectivity index (χ0n) is 14.4. The highest BCUT2D eigenvalue weighted by molar-refractivity contribution is 7.89. The van der Waals surface area contributed by atoms with Crippen molar-refractivity contribution < 1.29 is 17.7 Å². The molecule has 0 saturated carbocycles. The second kappa shape index (κ2) is 8.09. The summed E-state index contributed by atoms with van der Waals surface area (Å²) in [5.74, 6) is 0.308. The van der Waals surface area contributed by atoms with Crippen LogP contribution >= 0.6 is 0 Å². The molecule has 134 valence electrons. The Balaban J connectivity index is 2.19. The second-order valence-corrected chi connectivity index (χ2v) is 7.08. The molecule has 0 bridgehead atoms. The van der Waals surface area contributed by atoms with Crippen molar-refractivity contribution in [1.29, 1.82) is 0 Å². The van der Waals surface area contributed by atoms with Crippen LogP contribution in [0, 0.1) is 6.92 Å². The summed E-state index contributed by atoms with van der Waals surface area (Å²) in [5, 5.41) is 6.61. The zero-order valence-corrected chi connectivity index (χ0v) is 15.2. The Hall–Kier alpha value is -2.45. The van der Waals surface area contributed by atoms with Crippen LogP contribution in [-0.4, -0.2) is 26.0 Å². The predicted octanol–water partition coefficient (Wildman–Crippen LogP) is 2.80. The van der Waals surface area contributed by atoms with Gasteiger partial charge in [-0.25, -0.2) is 13.1 Å². The maximum Gasteiger partial charge on any atom is 0.240 e. The first-order valence-corrected chi connectivity index (χ1v) is 9.39. The van der Waals surface area contributed by atoms with Crippen LogP contribution in [-0.2, 0) is 14.8 Å². The van der Waals surface area contributed by atoms with Crippen LogP contribution in [0.3, 0.4) is 0 Å². The number of sulfonamides is 1. The van der Waals surface area contributed by atoms with E-state index in [0.29, 0.717) is 30.1 Å². The molecule has 8 heteroatoms. The molecule has 0 aliphatic heterocycles. The fourth-order valence-electron chi connectivity index (χ4n) is 2.08. The van der Waals surface area contributed by atoms with Crippen molar-refractivity contribution in [3.63, 3.8) is 0 Å². The lowest BCUT2D eigenvalue weighted by Gasteiger charge is -2.04. The van der Waals surface area contributed by atoms with E-state index in [2.05, 4.69) is 15.2 Å². The zero-order chi connectivity index (χ0) is 18.4. The smallest absolute Gasteiger partial charge is 0.240 e. The molecule has 25 heavy (non-hydrogen) atoms. The van der Waals surface area contributed by atoms with Gasteiger partial charge in [0.1, 0.15) is 11.4 Å². The van der Waals surface area contributed by atoms with Crippen LogP contribution < -0.4 is 10.0 Å². The van der Waals surface area contributed by atoms with E-state index in [-0.39, 0.29) is 10.8 Å². The van der Waals surface area contributed by atoms with E-state index < -0.39 is 10.0 Å². The van der Waals surface area contributed by atoms with Crippen LogP contribution in [0.15, 0.2) is 33.7 Å². The van der Waals surface area contributed by atoms with Crippen molar-refractivity contribution in [3.05, 3.63) is 41.3 Å². The van der Waals surface area contributed by atoms with Gasteiger partial charge in [-0.05, 0) is 30.7 Å². The van der Waals surface area contributed by atoms with E-state index in [9.17, 15) is 13.2 Å². The number of hydrogen-bond donors (Lipinski definition) is 2. The summed E-state index contributed by atoms with van der Waals surface area (Å²) >= 11 is 0. The third-order valence-corrected chi connectivity index (χ3v) is 4.99. The van der Waals surface area contributed by atoms with E-state index in [4.69, 9.17) is 4.52 Å². The van der Waals surface area contributed by atoms with Crippen molar-refractivity contribution >= 4 is 33.8 Å². The van der Waals surface area contributed by atoms with E-state index in [0.717, 1.165) is 5.56 Å². The Bertz CT molecular complexity index is 868. The maximum absolute atomic E-state index is 11.9. The lowest BCUT2D eigenvalue weighted by Crippen LogP contribution is -2.22. The van der Waals surface area contributed by atoms with Gasteiger partial charge in [0.25, 0.3) is 0 Å². The van der Waals surface area contributed by atoms with Crippen molar-refractivity contribution in [3.8, 4) is 0 Å². The number of aryl methyl sites for hydroxylation is 1. The minimum atomic E-state index is -3.46. The number of carbonyl (C=O) groups excluding carboxylic acids is 1. The highest BCUT2D eigenvalue weighted by Gasteiger charge is 2.13. The Morgan fingerprint density at radius 1 is 1.20 bits per heavy atom. The molecule has 0 atom stereocenters. The highest BCUT2D eigenvalue weighted by Crippen LogP contribution is 2.23. The normalized spacial score (nSPS) is 11.8. The van der Waals surface area contributed by atoms with Crippen molar-refractivity contribution in [2.24, 2.45) is 0 Å². The van der Waals surface area contributed by atoms with E-state index >= 15 is 0 Å². The molecule has 0 unspecified atom stereocenters. The summed E-state index contributed by atoms with van der Waals surface area (Å²) in [4.78, 5) is 11.8. The van der Waals surface area contributed by atoms with Crippen molar-refractivity contribution in [1.82, 2.24) is 9.88 Å². The standard InChI is InChI=1S/C17H21N3O4S/c1-4-16(21)19-17-12(3)20-24-15(17)11-8-13-6-9-14(10-7-13)25(22,23)18-5-2/h6-11,18H,4-5H2,1-3H3,(H,19,21). The lowest BCUT2D eigenvalue weighted by atomic mass is 10.2. The van der Waals surface area contributed by atoms with Crippen LogP contribution in [0.25, 0.3) is 12.2 Å². The predicted molar refractivity (Wildman–Crippen MR) is 96.4 cm³/mol. The summed E-state index contributed by atoms with van der Waals surface area (Å²) in [7, 11) is -3.46. The van der Waals surface area contributed by atoms with Gasteiger partial charge >= 0.3 is 0 Å². The van der Waals surface area contributed by atoms with Gasteiger partial charge in [0.2, 0.25) is 15.9 Å². The molecule has 1 aromatic carbocycles. The molecule has 2 aromatic rings. The summed E-state index contributed by atoms with van der Waals surface area (Å²) < 4.78 is 31.5. The van der Waals surface area contributed by atoms with Gasteiger partial charge in [-0.3, -0.25) is 4.79 Å². The molecule has 0 aliphatic rings. The number of aromatic nitrogens is 1. The topological polar surface area (TPSA) is 101 Å². The molecule has 1 amide bonds. The Labute approximate surface area is 147 Å². The quantitative estimate of drug-likeness (QED) is 0.788. The van der Waals surface area contributed by atoms with Gasteiger partial charge in [0.15, 0.2) is 5.76 Å². The van der Waals surface area contributed by atoms with Crippen molar-refractivity contribution in [2.45, 2.75) is 32.1 Å². The molecule has 1 heterocycles. The fourth-order valence-corrected chi connectivity index (χ4v) is 3.13. The average Bonchev–Trinajstić information content (AvgIpc) is 2.93. The molecule has 2 N–H and O–H groups in total. The number of carbonyl (C=O) groups is 1. The molecule has 1 aromatic heterocycles. The third-order valence-electron chi connectivity index (χ3n) is 3.43. The molecule has 0 radical (unpaired) electrons. The van der Waals surface area contributed by atoms with Gasteiger partial charge in [0, 0.05) is 13.0 Å². The molecule has 2 rings (SSSR count). The van der Waals surface area contributed by atoms with Crippen LogP contribution in [0.5, 0.6) is 0 Å². The highest BCUT2D eigenvalue weighted by atomic mass is 32.2. The maximum atomic E-state index is 11.9. The van der Waals surface area contributed by atoms with Crippen LogP contribution in [0.4, 0.5) is 5.69 Å². The van der Waals surface area contributed by atoms with Crippen LogP contribution in [0.1, 0.15) is 37.3 Å². The average molecular weight is 363 g/mol. The van der Waals surface area contributed by atoms with Gasteiger partial charge in [-0.1, -0.05) is 37.2 Å². The van der Waals surface area contributed by atoms with E-state index in [1.54, 1.807) is 45.1 Å². The molecular formula is C17H21N3O4S. The molecule has 0 spiro atoms. The number of nitrogens with one attached hydrogen (secondary N) is 2. The number of amides is 1. The van der Waals surface area contributed by atoms with Gasteiger partial charge in [-0.2, -0.15) is 0 Å². The number of rotatable bonds is 7. The Morgan fingerprint density at radius 3 is 2.48 bits per heavy atom. The number of benzene rings is 1. The molecule has 0 aliphatic carbocycles.